The van der Waals surface area contributed by atoms with Crippen LogP contribution in [0.2, 0.25) is 10.0 Å². The number of carboxylic acids is 1. The predicted molar refractivity (Wildman–Crippen MR) is 111 cm³/mol. The van der Waals surface area contributed by atoms with Gasteiger partial charge in [0, 0.05) is 28.6 Å². The number of halogens is 2. The fraction of sp³-hybridized carbons (Fsp3) is 0.227. The van der Waals surface area contributed by atoms with Crippen LogP contribution in [-0.2, 0) is 16.0 Å². The summed E-state index contributed by atoms with van der Waals surface area (Å²) in [7, 11) is 0. The van der Waals surface area contributed by atoms with Gasteiger partial charge in [0.2, 0.25) is 0 Å². The van der Waals surface area contributed by atoms with Gasteiger partial charge < -0.3 is 14.6 Å². The summed E-state index contributed by atoms with van der Waals surface area (Å²) in [6.07, 6.45) is 2.96. The van der Waals surface area contributed by atoms with Crippen molar-refractivity contribution in [3.63, 3.8) is 0 Å². The minimum atomic E-state index is -0.964. The van der Waals surface area contributed by atoms with Crippen molar-refractivity contribution in [2.45, 2.75) is 19.4 Å². The molecule has 0 amide bonds. The second kappa shape index (κ2) is 11.4. The monoisotopic (exact) mass is 418 g/mol. The molecule has 0 aliphatic heterocycles. The van der Waals surface area contributed by atoms with Crippen LogP contribution in [0, 0.1) is 11.8 Å². The number of carbonyl (C=O) groups is 1. The fourth-order valence-corrected chi connectivity index (χ4v) is 2.88. The highest BCUT2D eigenvalue weighted by atomic mass is 35.5. The molecular weight excluding hydrogens is 399 g/mol. The zero-order chi connectivity index (χ0) is 20.4. The van der Waals surface area contributed by atoms with Crippen molar-refractivity contribution in [1.29, 1.82) is 0 Å². The first-order chi connectivity index (χ1) is 13.5. The van der Waals surface area contributed by atoms with Gasteiger partial charge in [-0.05, 0) is 55.0 Å². The predicted octanol–water partition coefficient (Wildman–Crippen LogP) is 5.01. The summed E-state index contributed by atoms with van der Waals surface area (Å²) in [5.74, 6) is 5.57. The maximum absolute atomic E-state index is 11.1. The van der Waals surface area contributed by atoms with Crippen LogP contribution in [0.4, 0.5) is 0 Å². The van der Waals surface area contributed by atoms with Crippen LogP contribution in [0.3, 0.4) is 0 Å². The van der Waals surface area contributed by atoms with Gasteiger partial charge in [-0.1, -0.05) is 47.2 Å². The zero-order valence-electron chi connectivity index (χ0n) is 15.3. The van der Waals surface area contributed by atoms with Crippen LogP contribution in [0.25, 0.3) is 0 Å². The Morgan fingerprint density at radius 3 is 2.46 bits per heavy atom. The molecule has 1 N–H and O–H groups in total. The molecule has 4 nitrogen and oxygen atoms in total. The van der Waals surface area contributed by atoms with Crippen LogP contribution < -0.4 is 4.74 Å². The van der Waals surface area contributed by atoms with Gasteiger partial charge in [0.25, 0.3) is 0 Å². The molecule has 28 heavy (non-hydrogen) atoms. The summed E-state index contributed by atoms with van der Waals surface area (Å²) in [5, 5.41) is 10.2. The number of hydrogen-bond acceptors (Lipinski definition) is 3. The highest BCUT2D eigenvalue weighted by molar-refractivity contribution is 6.34. The fourth-order valence-electron chi connectivity index (χ4n) is 2.36. The normalized spacial score (nSPS) is 11.7. The Bertz CT molecular complexity index is 859. The molecule has 0 unspecified atom stereocenters. The largest absolute Gasteiger partial charge is 0.490 e. The second-order valence-corrected chi connectivity index (χ2v) is 6.64. The molecule has 0 aliphatic rings. The molecule has 0 aromatic heterocycles. The molecule has 146 valence electrons. The van der Waals surface area contributed by atoms with E-state index in [1.54, 1.807) is 49.4 Å². The van der Waals surface area contributed by atoms with Gasteiger partial charge in [-0.2, -0.15) is 0 Å². The zero-order valence-corrected chi connectivity index (χ0v) is 16.8. The Balaban J connectivity index is 1.82. The summed E-state index contributed by atoms with van der Waals surface area (Å²) in [6, 6.07) is 12.4. The van der Waals surface area contributed by atoms with Crippen molar-refractivity contribution in [3.8, 4) is 17.6 Å². The summed E-state index contributed by atoms with van der Waals surface area (Å²) < 4.78 is 10.8. The minimum absolute atomic E-state index is 0.312. The van der Waals surface area contributed by atoms with Crippen LogP contribution in [-0.4, -0.2) is 30.4 Å². The summed E-state index contributed by atoms with van der Waals surface area (Å²) >= 11 is 11.8. The minimum Gasteiger partial charge on any atom is -0.490 e. The van der Waals surface area contributed by atoms with Crippen molar-refractivity contribution < 1.29 is 19.4 Å². The number of carboxylic acid groups (broad SMARTS) is 1. The molecule has 0 saturated heterocycles. The lowest BCUT2D eigenvalue weighted by Gasteiger charge is -2.12. The number of aliphatic carboxylic acids is 1. The van der Waals surface area contributed by atoms with Crippen LogP contribution in [0.15, 0.2) is 54.6 Å². The van der Waals surface area contributed by atoms with E-state index in [0.717, 1.165) is 11.1 Å². The highest BCUT2D eigenvalue weighted by Crippen LogP contribution is 2.18. The first-order valence-electron chi connectivity index (χ1n) is 8.66. The van der Waals surface area contributed by atoms with E-state index in [0.29, 0.717) is 35.4 Å². The third-order valence-electron chi connectivity index (χ3n) is 3.61. The lowest BCUT2D eigenvalue weighted by Crippen LogP contribution is -2.26. The molecule has 6 heteroatoms. The second-order valence-electron chi connectivity index (χ2n) is 5.77. The molecule has 0 heterocycles. The maximum Gasteiger partial charge on any atom is 0.333 e. The Morgan fingerprint density at radius 1 is 1.18 bits per heavy atom. The first-order valence-corrected chi connectivity index (χ1v) is 9.42. The number of ether oxygens (including phenoxy) is 2. The van der Waals surface area contributed by atoms with E-state index in [-0.39, 0.29) is 0 Å². The van der Waals surface area contributed by atoms with Gasteiger partial charge in [0.1, 0.15) is 12.4 Å². The highest BCUT2D eigenvalue weighted by Gasteiger charge is 2.17. The molecule has 2 aromatic carbocycles. The van der Waals surface area contributed by atoms with Crippen molar-refractivity contribution in [1.82, 2.24) is 0 Å². The Morgan fingerprint density at radius 2 is 1.86 bits per heavy atom. The van der Waals surface area contributed by atoms with Gasteiger partial charge in [-0.3, -0.25) is 0 Å². The SMILES string of the molecule is CCO[C@@H](Cc1ccc(OCC=CC#Cc2cc(Cl)cc(Cl)c2)cc1)C(=O)O. The average molecular weight is 419 g/mol. The summed E-state index contributed by atoms with van der Waals surface area (Å²) in [6.45, 7) is 2.49. The molecule has 0 bridgehead atoms. The van der Waals surface area contributed by atoms with Gasteiger partial charge in [0.05, 0.1) is 0 Å². The van der Waals surface area contributed by atoms with Crippen LogP contribution >= 0.6 is 23.2 Å². The van der Waals surface area contributed by atoms with Crippen molar-refractivity contribution in [3.05, 3.63) is 75.8 Å². The van der Waals surface area contributed by atoms with Crippen molar-refractivity contribution >= 4 is 29.2 Å². The van der Waals surface area contributed by atoms with Gasteiger partial charge in [-0.15, -0.1) is 0 Å². The molecular formula is C22H20Cl2O4. The molecule has 0 spiro atoms. The number of rotatable bonds is 8. The van der Waals surface area contributed by atoms with Crippen molar-refractivity contribution in [2.24, 2.45) is 0 Å². The number of allylic oxidation sites excluding steroid dienone is 1. The van der Waals surface area contributed by atoms with Crippen LogP contribution in [0.5, 0.6) is 5.75 Å². The smallest absolute Gasteiger partial charge is 0.333 e. The third kappa shape index (κ3) is 7.66. The number of benzene rings is 2. The lowest BCUT2D eigenvalue weighted by molar-refractivity contribution is -0.149. The quantitative estimate of drug-likeness (QED) is 0.611. The van der Waals surface area contributed by atoms with Crippen molar-refractivity contribution in [2.75, 3.05) is 13.2 Å². The van der Waals surface area contributed by atoms with E-state index in [4.69, 9.17) is 37.8 Å². The molecule has 2 rings (SSSR count). The topological polar surface area (TPSA) is 55.8 Å². The lowest BCUT2D eigenvalue weighted by atomic mass is 10.1. The molecule has 0 radical (unpaired) electrons. The first kappa shape index (κ1) is 21.8. The number of hydrogen-bond donors (Lipinski definition) is 1. The summed E-state index contributed by atoms with van der Waals surface area (Å²) in [4.78, 5) is 11.1. The molecule has 0 fully saturated rings. The molecule has 0 saturated carbocycles. The van der Waals surface area contributed by atoms with E-state index in [2.05, 4.69) is 11.8 Å². The summed E-state index contributed by atoms with van der Waals surface area (Å²) in [5.41, 5.74) is 1.61. The van der Waals surface area contributed by atoms with Gasteiger partial charge in [-0.25, -0.2) is 4.79 Å². The Kier molecular flexibility index (Phi) is 8.90. The van der Waals surface area contributed by atoms with Gasteiger partial charge >= 0.3 is 5.97 Å². The van der Waals surface area contributed by atoms with E-state index in [1.807, 2.05) is 12.1 Å². The maximum atomic E-state index is 11.1. The molecule has 2 aromatic rings. The van der Waals surface area contributed by atoms with E-state index < -0.39 is 12.1 Å². The van der Waals surface area contributed by atoms with E-state index in [1.165, 1.54) is 0 Å². The third-order valence-corrected chi connectivity index (χ3v) is 4.05. The van der Waals surface area contributed by atoms with E-state index >= 15 is 0 Å². The Labute approximate surface area is 174 Å². The molecule has 0 aliphatic carbocycles. The van der Waals surface area contributed by atoms with E-state index in [9.17, 15) is 4.79 Å². The molecule has 1 atom stereocenters. The van der Waals surface area contributed by atoms with Gasteiger partial charge in [0.15, 0.2) is 6.10 Å². The van der Waals surface area contributed by atoms with Crippen LogP contribution in [0.1, 0.15) is 18.1 Å². The average Bonchev–Trinajstić information content (AvgIpc) is 2.64. The standard InChI is InChI=1S/C22H20Cl2O4/c1-2-27-21(22(25)26)14-16-7-9-20(10-8-16)28-11-5-3-4-6-17-12-18(23)15-19(24)13-17/h3,5,7-10,12-13,15,21H,2,11,14H2,1H3,(H,25,26)/t21-/m0/s1. The Hall–Kier alpha value is -2.45.